The Morgan fingerprint density at radius 3 is 2.88 bits per heavy atom. The minimum absolute atomic E-state index is 0.0897. The van der Waals surface area contributed by atoms with E-state index in [2.05, 4.69) is 14.9 Å². The summed E-state index contributed by atoms with van der Waals surface area (Å²) < 4.78 is 0. The van der Waals surface area contributed by atoms with E-state index in [0.717, 1.165) is 12.8 Å². The fourth-order valence-electron chi connectivity index (χ4n) is 2.10. The molecule has 5 heteroatoms. The van der Waals surface area contributed by atoms with Crippen LogP contribution in [0.5, 0.6) is 0 Å². The van der Waals surface area contributed by atoms with Crippen molar-refractivity contribution in [3.8, 4) is 0 Å². The van der Waals surface area contributed by atoms with Crippen molar-refractivity contribution in [1.82, 2.24) is 9.97 Å². The Morgan fingerprint density at radius 1 is 1.59 bits per heavy atom. The Hall–Kier alpha value is -1.36. The van der Waals surface area contributed by atoms with Crippen LogP contribution in [0.15, 0.2) is 10.9 Å². The molecule has 0 aromatic carbocycles. The van der Waals surface area contributed by atoms with E-state index in [9.17, 15) is 4.79 Å². The van der Waals surface area contributed by atoms with Gasteiger partial charge < -0.3 is 15.0 Å². The lowest BCUT2D eigenvalue weighted by atomic mass is 9.91. The Morgan fingerprint density at radius 2 is 2.35 bits per heavy atom. The van der Waals surface area contributed by atoms with Gasteiger partial charge in [-0.25, -0.2) is 4.98 Å². The van der Waals surface area contributed by atoms with E-state index in [1.54, 1.807) is 0 Å². The predicted molar refractivity (Wildman–Crippen MR) is 66.3 cm³/mol. The molecule has 1 saturated carbocycles. The molecule has 1 aromatic rings. The number of anilines is 1. The Labute approximate surface area is 100 Å². The molecule has 0 amide bonds. The zero-order valence-corrected chi connectivity index (χ0v) is 10.1. The molecule has 0 radical (unpaired) electrons. The van der Waals surface area contributed by atoms with Crippen LogP contribution in [0, 0.1) is 0 Å². The third-order valence-electron chi connectivity index (χ3n) is 3.26. The smallest absolute Gasteiger partial charge is 0.252 e. The van der Waals surface area contributed by atoms with Gasteiger partial charge in [0.25, 0.3) is 5.56 Å². The van der Waals surface area contributed by atoms with Crippen molar-refractivity contribution in [3.63, 3.8) is 0 Å². The van der Waals surface area contributed by atoms with Crippen LogP contribution in [0.3, 0.4) is 0 Å². The first kappa shape index (κ1) is 12.1. The van der Waals surface area contributed by atoms with E-state index in [-0.39, 0.29) is 12.2 Å². The average Bonchev–Trinajstić information content (AvgIpc) is 2.25. The van der Waals surface area contributed by atoms with Crippen LogP contribution in [0.2, 0.25) is 0 Å². The first-order chi connectivity index (χ1) is 8.24. The van der Waals surface area contributed by atoms with Gasteiger partial charge in [0.2, 0.25) is 0 Å². The quantitative estimate of drug-likeness (QED) is 0.790. The summed E-state index contributed by atoms with van der Waals surface area (Å²) in [5.74, 6) is 1.40. The van der Waals surface area contributed by atoms with E-state index in [1.807, 2.05) is 6.92 Å². The second-order valence-corrected chi connectivity index (χ2v) is 4.41. The third kappa shape index (κ3) is 2.66. The van der Waals surface area contributed by atoms with Gasteiger partial charge in [-0.15, -0.1) is 0 Å². The van der Waals surface area contributed by atoms with Crippen LogP contribution in [0.4, 0.5) is 5.82 Å². The summed E-state index contributed by atoms with van der Waals surface area (Å²) in [7, 11) is 0. The second-order valence-electron chi connectivity index (χ2n) is 4.41. The molecule has 1 heterocycles. The number of nitrogens with one attached hydrogen (secondary N) is 1. The summed E-state index contributed by atoms with van der Waals surface area (Å²) in [6.07, 6.45) is 4.17. The maximum Gasteiger partial charge on any atom is 0.252 e. The van der Waals surface area contributed by atoms with Crippen LogP contribution in [0.1, 0.15) is 32.0 Å². The number of H-pyrrole nitrogens is 1. The molecular formula is C12H19N3O2. The average molecular weight is 237 g/mol. The Bertz CT molecular complexity index is 426. The zero-order chi connectivity index (χ0) is 12.3. The summed E-state index contributed by atoms with van der Waals surface area (Å²) in [4.78, 5) is 20.7. The van der Waals surface area contributed by atoms with E-state index < -0.39 is 0 Å². The molecule has 94 valence electrons. The zero-order valence-electron chi connectivity index (χ0n) is 10.1. The first-order valence-corrected chi connectivity index (χ1v) is 6.22. The van der Waals surface area contributed by atoms with Gasteiger partial charge in [-0.1, -0.05) is 6.92 Å². The second kappa shape index (κ2) is 5.31. The monoisotopic (exact) mass is 237 g/mol. The van der Waals surface area contributed by atoms with Gasteiger partial charge in [-0.2, -0.15) is 0 Å². The topological polar surface area (TPSA) is 69.2 Å². The van der Waals surface area contributed by atoms with E-state index in [1.165, 1.54) is 12.5 Å². The van der Waals surface area contributed by atoms with Crippen molar-refractivity contribution in [2.75, 3.05) is 18.1 Å². The van der Waals surface area contributed by atoms with Crippen molar-refractivity contribution < 1.29 is 5.11 Å². The molecule has 0 atom stereocenters. The number of hydrogen-bond donors (Lipinski definition) is 2. The maximum absolute atomic E-state index is 11.5. The summed E-state index contributed by atoms with van der Waals surface area (Å²) in [6, 6.07) is 1.95. The number of aliphatic hydroxyl groups excluding tert-OH is 1. The van der Waals surface area contributed by atoms with Crippen molar-refractivity contribution in [2.24, 2.45) is 0 Å². The molecule has 5 nitrogen and oxygen atoms in total. The highest BCUT2D eigenvalue weighted by Crippen LogP contribution is 2.27. The van der Waals surface area contributed by atoms with Gasteiger partial charge in [0.05, 0.1) is 6.61 Å². The highest BCUT2D eigenvalue weighted by molar-refractivity contribution is 5.39. The van der Waals surface area contributed by atoms with Gasteiger partial charge in [0.15, 0.2) is 0 Å². The van der Waals surface area contributed by atoms with Gasteiger partial charge >= 0.3 is 0 Å². The Kier molecular flexibility index (Phi) is 3.78. The SMILES string of the molecule is CCc1nc(N(CCO)C2CCC2)cc(=O)[nH]1. The lowest BCUT2D eigenvalue weighted by Gasteiger charge is -2.38. The molecule has 0 saturated heterocycles. The summed E-state index contributed by atoms with van der Waals surface area (Å²) >= 11 is 0. The third-order valence-corrected chi connectivity index (χ3v) is 3.26. The Balaban J connectivity index is 2.27. The molecule has 1 aliphatic carbocycles. The molecule has 17 heavy (non-hydrogen) atoms. The number of aromatic nitrogens is 2. The number of nitrogens with zero attached hydrogens (tertiary/aromatic N) is 2. The fraction of sp³-hybridized carbons (Fsp3) is 0.667. The van der Waals surface area contributed by atoms with Gasteiger partial charge in [-0.05, 0) is 19.3 Å². The van der Waals surface area contributed by atoms with Crippen LogP contribution in [-0.4, -0.2) is 34.3 Å². The summed E-state index contributed by atoms with van der Waals surface area (Å²) in [5.41, 5.74) is -0.117. The van der Waals surface area contributed by atoms with Gasteiger partial charge in [0, 0.05) is 25.1 Å². The highest BCUT2D eigenvalue weighted by atomic mass is 16.3. The predicted octanol–water partition coefficient (Wildman–Crippen LogP) is 0.683. The molecule has 2 N–H and O–H groups in total. The fourth-order valence-corrected chi connectivity index (χ4v) is 2.10. The number of aliphatic hydroxyl groups is 1. The van der Waals surface area contributed by atoms with Crippen molar-refractivity contribution in [2.45, 2.75) is 38.6 Å². The first-order valence-electron chi connectivity index (χ1n) is 6.22. The molecule has 0 aliphatic heterocycles. The number of aryl methyl sites for hydroxylation is 1. The molecule has 2 rings (SSSR count). The van der Waals surface area contributed by atoms with Crippen molar-refractivity contribution in [1.29, 1.82) is 0 Å². The largest absolute Gasteiger partial charge is 0.395 e. The maximum atomic E-state index is 11.5. The lowest BCUT2D eigenvalue weighted by molar-refractivity contribution is 0.283. The summed E-state index contributed by atoms with van der Waals surface area (Å²) in [5, 5.41) is 9.11. The van der Waals surface area contributed by atoms with E-state index in [0.29, 0.717) is 30.6 Å². The van der Waals surface area contributed by atoms with Crippen molar-refractivity contribution >= 4 is 5.82 Å². The molecule has 0 bridgehead atoms. The summed E-state index contributed by atoms with van der Waals surface area (Å²) in [6.45, 7) is 2.60. The van der Waals surface area contributed by atoms with Crippen LogP contribution in [-0.2, 0) is 6.42 Å². The van der Waals surface area contributed by atoms with Crippen LogP contribution < -0.4 is 10.5 Å². The molecule has 1 fully saturated rings. The molecule has 0 spiro atoms. The highest BCUT2D eigenvalue weighted by Gasteiger charge is 2.26. The number of rotatable bonds is 5. The molecule has 1 aliphatic rings. The minimum atomic E-state index is -0.117. The van der Waals surface area contributed by atoms with Gasteiger partial charge in [0.1, 0.15) is 11.6 Å². The normalized spacial score (nSPS) is 15.6. The standard InChI is InChI=1S/C12H19N3O2/c1-2-10-13-11(8-12(17)14-10)15(6-7-16)9-4-3-5-9/h8-9,16H,2-7H2,1H3,(H,13,14,17). The van der Waals surface area contributed by atoms with E-state index in [4.69, 9.17) is 5.11 Å². The number of aromatic amines is 1. The molecule has 1 aromatic heterocycles. The molecule has 0 unspecified atom stereocenters. The van der Waals surface area contributed by atoms with Gasteiger partial charge in [-0.3, -0.25) is 4.79 Å². The van der Waals surface area contributed by atoms with Crippen molar-refractivity contribution in [3.05, 3.63) is 22.2 Å². The van der Waals surface area contributed by atoms with Crippen LogP contribution in [0.25, 0.3) is 0 Å². The molecular weight excluding hydrogens is 218 g/mol. The minimum Gasteiger partial charge on any atom is -0.395 e. The number of hydrogen-bond acceptors (Lipinski definition) is 4. The lowest BCUT2D eigenvalue weighted by Crippen LogP contribution is -2.43. The van der Waals surface area contributed by atoms with E-state index >= 15 is 0 Å². The van der Waals surface area contributed by atoms with Crippen LogP contribution >= 0.6 is 0 Å².